The van der Waals surface area contributed by atoms with Gasteiger partial charge in [0.15, 0.2) is 5.43 Å². The number of fused-ring (bicyclic) bond motifs is 5. The minimum absolute atomic E-state index is 0.0536. The van der Waals surface area contributed by atoms with Crippen LogP contribution in [0.2, 0.25) is 0 Å². The molecule has 10 aromatic rings. The monoisotopic (exact) mass is 680 g/mol. The van der Waals surface area contributed by atoms with Crippen LogP contribution in [0.15, 0.2) is 203 Å². The van der Waals surface area contributed by atoms with Crippen LogP contribution >= 0.6 is 0 Å². The Morgan fingerprint density at radius 1 is 0.377 bits per heavy atom. The van der Waals surface area contributed by atoms with Crippen molar-refractivity contribution in [2.75, 3.05) is 4.90 Å². The van der Waals surface area contributed by atoms with Crippen molar-refractivity contribution >= 4 is 60.8 Å². The van der Waals surface area contributed by atoms with Crippen molar-refractivity contribution in [2.45, 2.75) is 0 Å². The van der Waals surface area contributed by atoms with Crippen LogP contribution in [0.25, 0.3) is 71.7 Å². The van der Waals surface area contributed by atoms with Crippen LogP contribution in [-0.2, 0) is 0 Å². The number of aromatic nitrogens is 1. The number of pyridine rings is 1. The molecule has 0 N–H and O–H groups in total. The number of rotatable bonds is 6. The van der Waals surface area contributed by atoms with Crippen LogP contribution in [0.3, 0.4) is 0 Å². The van der Waals surface area contributed by atoms with Crippen LogP contribution in [0.4, 0.5) is 17.1 Å². The second-order valence-corrected chi connectivity index (χ2v) is 13.3. The molecular weight excluding hydrogens is 649 g/mol. The van der Waals surface area contributed by atoms with E-state index in [0.29, 0.717) is 10.8 Å². The summed E-state index contributed by atoms with van der Waals surface area (Å²) < 4.78 is 8.52. The number of nitrogens with zero attached hydrogens (tertiary/aromatic N) is 2. The Kier molecular flexibility index (Phi) is 7.26. The standard InChI is InChI=1S/C49H32N2O2/c52-49-43-16-4-7-18-45(43)51(46-19-8-5-17-44(46)49)39-14-10-13-36(31-39)35-23-27-38(28-24-35)50(37-25-21-34(22-26-37)33-11-2-1-3-12-33)40-29-30-42-41-15-6-9-20-47(41)53-48(42)32-40/h1-32H. The van der Waals surface area contributed by atoms with E-state index in [2.05, 4.69) is 131 Å². The van der Waals surface area contributed by atoms with E-state index in [1.807, 2.05) is 72.8 Å². The second-order valence-electron chi connectivity index (χ2n) is 13.3. The maximum Gasteiger partial charge on any atom is 0.197 e. The summed E-state index contributed by atoms with van der Waals surface area (Å²) >= 11 is 0. The molecule has 2 heterocycles. The zero-order chi connectivity index (χ0) is 35.3. The molecule has 0 atom stereocenters. The molecule has 8 aromatic carbocycles. The van der Waals surface area contributed by atoms with Gasteiger partial charge >= 0.3 is 0 Å². The summed E-state index contributed by atoms with van der Waals surface area (Å²) in [6, 6.07) is 66.8. The lowest BCUT2D eigenvalue weighted by molar-refractivity contribution is 0.669. The van der Waals surface area contributed by atoms with E-state index in [0.717, 1.165) is 66.8 Å². The molecule has 250 valence electrons. The highest BCUT2D eigenvalue weighted by atomic mass is 16.3. The average Bonchev–Trinajstić information content (AvgIpc) is 3.60. The molecule has 0 aliphatic heterocycles. The molecule has 0 bridgehead atoms. The molecule has 4 heteroatoms. The van der Waals surface area contributed by atoms with Gasteiger partial charge in [0.2, 0.25) is 0 Å². The van der Waals surface area contributed by atoms with E-state index in [1.54, 1.807) is 0 Å². The first-order valence-electron chi connectivity index (χ1n) is 17.8. The van der Waals surface area contributed by atoms with Crippen molar-refractivity contribution in [3.8, 4) is 27.9 Å². The Hall–Kier alpha value is -7.17. The quantitative estimate of drug-likeness (QED) is 0.164. The predicted octanol–water partition coefficient (Wildman–Crippen LogP) is 12.8. The highest BCUT2D eigenvalue weighted by Crippen LogP contribution is 2.40. The molecule has 0 unspecified atom stereocenters. The van der Waals surface area contributed by atoms with Gasteiger partial charge in [0.1, 0.15) is 11.2 Å². The Balaban J connectivity index is 1.07. The van der Waals surface area contributed by atoms with Gasteiger partial charge in [0.05, 0.1) is 11.0 Å². The molecular formula is C49H32N2O2. The molecule has 0 spiro atoms. The lowest BCUT2D eigenvalue weighted by atomic mass is 10.0. The van der Waals surface area contributed by atoms with Gasteiger partial charge in [-0.1, -0.05) is 109 Å². The van der Waals surface area contributed by atoms with E-state index in [1.165, 1.54) is 11.1 Å². The predicted molar refractivity (Wildman–Crippen MR) is 220 cm³/mol. The van der Waals surface area contributed by atoms with Crippen molar-refractivity contribution in [3.63, 3.8) is 0 Å². The number of anilines is 3. The van der Waals surface area contributed by atoms with Crippen LogP contribution in [0.5, 0.6) is 0 Å². The van der Waals surface area contributed by atoms with Gasteiger partial charge in [0, 0.05) is 50.4 Å². The zero-order valence-electron chi connectivity index (χ0n) is 28.7. The third kappa shape index (κ3) is 5.28. The molecule has 53 heavy (non-hydrogen) atoms. The summed E-state index contributed by atoms with van der Waals surface area (Å²) in [7, 11) is 0. The lowest BCUT2D eigenvalue weighted by Crippen LogP contribution is -2.10. The van der Waals surface area contributed by atoms with E-state index < -0.39 is 0 Å². The smallest absolute Gasteiger partial charge is 0.197 e. The van der Waals surface area contributed by atoms with Gasteiger partial charge in [-0.25, -0.2) is 0 Å². The fourth-order valence-electron chi connectivity index (χ4n) is 7.64. The van der Waals surface area contributed by atoms with Crippen LogP contribution in [0.1, 0.15) is 0 Å². The molecule has 0 aliphatic carbocycles. The number of para-hydroxylation sites is 3. The largest absolute Gasteiger partial charge is 0.456 e. The van der Waals surface area contributed by atoms with Gasteiger partial charge in [-0.05, 0) is 101 Å². The Bertz CT molecular complexity index is 2950. The van der Waals surface area contributed by atoms with Crippen LogP contribution in [0, 0.1) is 0 Å². The van der Waals surface area contributed by atoms with Crippen molar-refractivity contribution in [2.24, 2.45) is 0 Å². The van der Waals surface area contributed by atoms with Gasteiger partial charge < -0.3 is 13.9 Å². The van der Waals surface area contributed by atoms with E-state index in [-0.39, 0.29) is 5.43 Å². The summed E-state index contributed by atoms with van der Waals surface area (Å²) in [5.74, 6) is 0. The molecule has 2 aromatic heterocycles. The van der Waals surface area contributed by atoms with Gasteiger partial charge in [-0.15, -0.1) is 0 Å². The summed E-state index contributed by atoms with van der Waals surface area (Å²) in [6.45, 7) is 0. The molecule has 10 rings (SSSR count). The topological polar surface area (TPSA) is 38.4 Å². The number of benzene rings is 8. The minimum Gasteiger partial charge on any atom is -0.456 e. The molecule has 0 saturated carbocycles. The second kappa shape index (κ2) is 12.6. The molecule has 0 radical (unpaired) electrons. The third-order valence-electron chi connectivity index (χ3n) is 10.2. The van der Waals surface area contributed by atoms with Crippen LogP contribution < -0.4 is 10.3 Å². The highest BCUT2D eigenvalue weighted by Gasteiger charge is 2.17. The Morgan fingerprint density at radius 2 is 0.887 bits per heavy atom. The van der Waals surface area contributed by atoms with E-state index in [9.17, 15) is 4.79 Å². The summed E-state index contributed by atoms with van der Waals surface area (Å²) in [4.78, 5) is 15.7. The SMILES string of the molecule is O=c1c2ccccc2n(-c2cccc(-c3ccc(N(c4ccc(-c5ccccc5)cc4)c4ccc5c(c4)oc4ccccc45)cc3)c2)c2ccccc12. The normalized spacial score (nSPS) is 11.5. The van der Waals surface area contributed by atoms with Gasteiger partial charge in [-0.2, -0.15) is 0 Å². The molecule has 0 saturated heterocycles. The Morgan fingerprint density at radius 3 is 1.57 bits per heavy atom. The molecule has 0 amide bonds. The number of hydrogen-bond donors (Lipinski definition) is 0. The zero-order valence-corrected chi connectivity index (χ0v) is 28.7. The molecule has 0 fully saturated rings. The first kappa shape index (κ1) is 30.6. The van der Waals surface area contributed by atoms with Crippen molar-refractivity contribution in [1.82, 2.24) is 4.57 Å². The fourth-order valence-corrected chi connectivity index (χ4v) is 7.64. The highest BCUT2D eigenvalue weighted by molar-refractivity contribution is 6.06. The van der Waals surface area contributed by atoms with Crippen molar-refractivity contribution in [1.29, 1.82) is 0 Å². The Labute approximate surface area is 306 Å². The summed E-state index contributed by atoms with van der Waals surface area (Å²) in [6.07, 6.45) is 0. The van der Waals surface area contributed by atoms with Gasteiger partial charge in [-0.3, -0.25) is 4.79 Å². The van der Waals surface area contributed by atoms with E-state index >= 15 is 0 Å². The summed E-state index contributed by atoms with van der Waals surface area (Å²) in [5.41, 5.74) is 12.2. The van der Waals surface area contributed by atoms with Crippen LogP contribution in [-0.4, -0.2) is 4.57 Å². The van der Waals surface area contributed by atoms with Crippen molar-refractivity contribution < 1.29 is 4.42 Å². The van der Waals surface area contributed by atoms with E-state index in [4.69, 9.17) is 4.42 Å². The lowest BCUT2D eigenvalue weighted by Gasteiger charge is -2.26. The average molecular weight is 681 g/mol. The summed E-state index contributed by atoms with van der Waals surface area (Å²) in [5, 5.41) is 3.63. The minimum atomic E-state index is 0.0536. The number of furan rings is 1. The first-order valence-corrected chi connectivity index (χ1v) is 17.8. The number of hydrogen-bond acceptors (Lipinski definition) is 3. The fraction of sp³-hybridized carbons (Fsp3) is 0. The first-order chi connectivity index (χ1) is 26.2. The third-order valence-corrected chi connectivity index (χ3v) is 10.2. The molecule has 4 nitrogen and oxygen atoms in total. The maximum atomic E-state index is 13.4. The molecule has 0 aliphatic rings. The van der Waals surface area contributed by atoms with Gasteiger partial charge in [0.25, 0.3) is 0 Å². The van der Waals surface area contributed by atoms with Crippen molar-refractivity contribution in [3.05, 3.63) is 204 Å². The maximum absolute atomic E-state index is 13.4.